The van der Waals surface area contributed by atoms with Gasteiger partial charge in [0.15, 0.2) is 0 Å². The molecule has 2 aromatic rings. The maximum atomic E-state index is 5.32. The van der Waals surface area contributed by atoms with Crippen LogP contribution in [-0.4, -0.2) is 34.9 Å². The first-order chi connectivity index (χ1) is 9.26. The van der Waals surface area contributed by atoms with Gasteiger partial charge < -0.3 is 14.6 Å². The van der Waals surface area contributed by atoms with E-state index in [0.29, 0.717) is 11.7 Å². The molecule has 0 radical (unpaired) electrons. The van der Waals surface area contributed by atoms with E-state index in [-0.39, 0.29) is 12.1 Å². The lowest BCUT2D eigenvalue weighted by Gasteiger charge is -2.04. The Hall–Kier alpha value is -1.79. The summed E-state index contributed by atoms with van der Waals surface area (Å²) in [5, 5.41) is 7.30. The van der Waals surface area contributed by atoms with Gasteiger partial charge in [-0.05, 0) is 25.5 Å². The lowest BCUT2D eigenvalue weighted by molar-refractivity contribution is 0.116. The minimum Gasteiger partial charge on any atom is -0.380 e. The van der Waals surface area contributed by atoms with Crippen molar-refractivity contribution in [2.75, 3.05) is 13.7 Å². The van der Waals surface area contributed by atoms with Gasteiger partial charge in [-0.1, -0.05) is 11.2 Å². The van der Waals surface area contributed by atoms with Gasteiger partial charge in [-0.25, -0.2) is 4.98 Å². The topological polar surface area (TPSA) is 73.1 Å². The molecule has 0 saturated carbocycles. The summed E-state index contributed by atoms with van der Waals surface area (Å²) in [5.41, 5.74) is 1.67. The Bertz CT molecular complexity index is 569. The lowest BCUT2D eigenvalue weighted by atomic mass is 10.2. The average Bonchev–Trinajstić information content (AvgIpc) is 3.07. The van der Waals surface area contributed by atoms with Crippen LogP contribution in [0.1, 0.15) is 24.0 Å². The molecule has 1 fully saturated rings. The fourth-order valence-electron chi connectivity index (χ4n) is 2.22. The second kappa shape index (κ2) is 5.07. The number of hydrogen-bond acceptors (Lipinski definition) is 6. The maximum absolute atomic E-state index is 5.32. The molecule has 0 spiro atoms. The fourth-order valence-corrected chi connectivity index (χ4v) is 2.22. The van der Waals surface area contributed by atoms with Crippen LogP contribution in [0.3, 0.4) is 0 Å². The van der Waals surface area contributed by atoms with Gasteiger partial charge in [-0.3, -0.25) is 0 Å². The molecule has 19 heavy (non-hydrogen) atoms. The molecule has 1 aliphatic rings. The Kier molecular flexibility index (Phi) is 3.27. The molecule has 1 aliphatic heterocycles. The third kappa shape index (κ3) is 2.50. The number of aromatic nitrogens is 3. The normalized spacial score (nSPS) is 22.8. The number of nitrogens with one attached hydrogen (secondary N) is 1. The van der Waals surface area contributed by atoms with Gasteiger partial charge in [0.25, 0.3) is 0 Å². The zero-order chi connectivity index (χ0) is 13.2. The van der Waals surface area contributed by atoms with Crippen LogP contribution in [0.25, 0.3) is 11.5 Å². The van der Waals surface area contributed by atoms with Crippen molar-refractivity contribution in [2.24, 2.45) is 0 Å². The van der Waals surface area contributed by atoms with E-state index in [9.17, 15) is 0 Å². The third-order valence-electron chi connectivity index (χ3n) is 3.28. The minimum atomic E-state index is 0.0657. The van der Waals surface area contributed by atoms with E-state index in [4.69, 9.17) is 9.26 Å². The highest BCUT2D eigenvalue weighted by Gasteiger charge is 2.29. The molecule has 3 rings (SSSR count). The molecule has 1 N–H and O–H groups in total. The van der Waals surface area contributed by atoms with Crippen LogP contribution in [0.5, 0.6) is 0 Å². The first-order valence-electron chi connectivity index (χ1n) is 6.30. The highest BCUT2D eigenvalue weighted by molar-refractivity contribution is 5.48. The van der Waals surface area contributed by atoms with Gasteiger partial charge in [0.1, 0.15) is 5.69 Å². The van der Waals surface area contributed by atoms with Gasteiger partial charge in [0.05, 0.1) is 12.1 Å². The average molecular weight is 260 g/mol. The predicted molar refractivity (Wildman–Crippen MR) is 68.4 cm³/mol. The van der Waals surface area contributed by atoms with Crippen LogP contribution >= 0.6 is 0 Å². The number of nitrogens with zero attached hydrogens (tertiary/aromatic N) is 3. The van der Waals surface area contributed by atoms with Gasteiger partial charge in [-0.15, -0.1) is 0 Å². The quantitative estimate of drug-likeness (QED) is 0.901. The molecule has 0 aromatic carbocycles. The van der Waals surface area contributed by atoms with Crippen molar-refractivity contribution in [1.82, 2.24) is 20.4 Å². The van der Waals surface area contributed by atoms with E-state index < -0.39 is 0 Å². The fraction of sp³-hybridized carbons (Fsp3) is 0.462. The Morgan fingerprint density at radius 3 is 3.00 bits per heavy atom. The molecule has 6 nitrogen and oxygen atoms in total. The van der Waals surface area contributed by atoms with Gasteiger partial charge in [-0.2, -0.15) is 4.98 Å². The summed E-state index contributed by atoms with van der Waals surface area (Å²) in [6.45, 7) is 2.74. The van der Waals surface area contributed by atoms with Gasteiger partial charge in [0.2, 0.25) is 11.7 Å². The number of methoxy groups -OCH3 is 1. The van der Waals surface area contributed by atoms with E-state index in [1.165, 1.54) is 0 Å². The molecule has 3 heterocycles. The number of ether oxygens (including phenoxy) is 1. The molecule has 0 unspecified atom stereocenters. The summed E-state index contributed by atoms with van der Waals surface area (Å²) < 4.78 is 10.6. The largest absolute Gasteiger partial charge is 0.380 e. The van der Waals surface area contributed by atoms with E-state index in [1.807, 2.05) is 25.1 Å². The summed E-state index contributed by atoms with van der Waals surface area (Å²) in [6.07, 6.45) is 1.05. The highest BCUT2D eigenvalue weighted by atomic mass is 16.5. The Balaban J connectivity index is 1.80. The van der Waals surface area contributed by atoms with Crippen LogP contribution in [0.15, 0.2) is 22.7 Å². The lowest BCUT2D eigenvalue weighted by Crippen LogP contribution is -2.16. The molecule has 0 bridgehead atoms. The van der Waals surface area contributed by atoms with E-state index in [0.717, 1.165) is 24.4 Å². The van der Waals surface area contributed by atoms with Gasteiger partial charge >= 0.3 is 0 Å². The van der Waals surface area contributed by atoms with Crippen LogP contribution < -0.4 is 5.32 Å². The molecule has 1 saturated heterocycles. The number of hydrogen-bond donors (Lipinski definition) is 1. The second-order valence-corrected chi connectivity index (χ2v) is 4.67. The Morgan fingerprint density at radius 2 is 2.26 bits per heavy atom. The van der Waals surface area contributed by atoms with Crippen molar-refractivity contribution in [1.29, 1.82) is 0 Å². The van der Waals surface area contributed by atoms with Crippen LogP contribution in [0, 0.1) is 6.92 Å². The summed E-state index contributed by atoms with van der Waals surface area (Å²) >= 11 is 0. The molecule has 6 heteroatoms. The first-order valence-corrected chi connectivity index (χ1v) is 6.30. The molecule has 2 atom stereocenters. The highest BCUT2D eigenvalue weighted by Crippen LogP contribution is 2.25. The van der Waals surface area contributed by atoms with Crippen molar-refractivity contribution in [3.8, 4) is 11.5 Å². The summed E-state index contributed by atoms with van der Waals surface area (Å²) in [7, 11) is 1.71. The minimum absolute atomic E-state index is 0.0657. The van der Waals surface area contributed by atoms with Crippen LogP contribution in [0.2, 0.25) is 0 Å². The van der Waals surface area contributed by atoms with E-state index >= 15 is 0 Å². The van der Waals surface area contributed by atoms with Crippen molar-refractivity contribution >= 4 is 0 Å². The van der Waals surface area contributed by atoms with Crippen LogP contribution in [0.4, 0.5) is 0 Å². The zero-order valence-corrected chi connectivity index (χ0v) is 11.0. The molecule has 0 aliphatic carbocycles. The van der Waals surface area contributed by atoms with Crippen molar-refractivity contribution in [3.05, 3.63) is 29.8 Å². The standard InChI is InChI=1S/C13H16N4O2/c1-8-4-3-5-10(15-8)12-16-13(19-17-12)11-6-9(18-2)7-14-11/h3-5,9,11,14H,6-7H2,1-2H3/t9-,11+/m0/s1. The van der Waals surface area contributed by atoms with E-state index in [2.05, 4.69) is 20.4 Å². The van der Waals surface area contributed by atoms with Crippen LogP contribution in [-0.2, 0) is 4.74 Å². The number of aryl methyl sites for hydroxylation is 1. The summed E-state index contributed by atoms with van der Waals surface area (Å²) in [5.74, 6) is 1.12. The first kappa shape index (κ1) is 12.3. The Morgan fingerprint density at radius 1 is 1.37 bits per heavy atom. The Labute approximate surface area is 111 Å². The van der Waals surface area contributed by atoms with Crippen molar-refractivity contribution < 1.29 is 9.26 Å². The van der Waals surface area contributed by atoms with Crippen molar-refractivity contribution in [2.45, 2.75) is 25.5 Å². The molecular weight excluding hydrogens is 244 g/mol. The number of pyridine rings is 1. The third-order valence-corrected chi connectivity index (χ3v) is 3.28. The molecular formula is C13H16N4O2. The second-order valence-electron chi connectivity index (χ2n) is 4.67. The monoisotopic (exact) mass is 260 g/mol. The predicted octanol–water partition coefficient (Wildman–Crippen LogP) is 1.49. The SMILES string of the molecule is CO[C@@H]1CN[C@@H](c2nc(-c3cccc(C)n3)no2)C1. The summed E-state index contributed by atoms with van der Waals surface area (Å²) in [4.78, 5) is 8.80. The van der Waals surface area contributed by atoms with E-state index in [1.54, 1.807) is 7.11 Å². The molecule has 2 aromatic heterocycles. The molecule has 100 valence electrons. The zero-order valence-electron chi connectivity index (χ0n) is 11.0. The maximum Gasteiger partial charge on any atom is 0.244 e. The smallest absolute Gasteiger partial charge is 0.244 e. The van der Waals surface area contributed by atoms with Crippen molar-refractivity contribution in [3.63, 3.8) is 0 Å². The number of rotatable bonds is 3. The van der Waals surface area contributed by atoms with Gasteiger partial charge in [0, 0.05) is 19.3 Å². The molecule has 0 amide bonds. The summed E-state index contributed by atoms with van der Waals surface area (Å²) in [6, 6.07) is 5.81.